The molecule has 28 heavy (non-hydrogen) atoms. The molecule has 2 aliphatic carbocycles. The predicted molar refractivity (Wildman–Crippen MR) is 109 cm³/mol. The van der Waals surface area contributed by atoms with E-state index in [0.29, 0.717) is 12.3 Å². The largest absolute Gasteiger partial charge is 0.459 e. The van der Waals surface area contributed by atoms with Crippen molar-refractivity contribution < 1.29 is 19.4 Å². The smallest absolute Gasteiger partial charge is 0.331 e. The molecule has 0 spiro atoms. The summed E-state index contributed by atoms with van der Waals surface area (Å²) in [5.41, 5.74) is 0.899. The first kappa shape index (κ1) is 20.8. The minimum atomic E-state index is -0.494. The molecule has 2 saturated carbocycles. The van der Waals surface area contributed by atoms with Crippen LogP contribution >= 0.6 is 0 Å². The number of carbonyl (C=O) groups excluding carboxylic acids is 2. The van der Waals surface area contributed by atoms with Crippen LogP contribution in [0.15, 0.2) is 36.4 Å². The number of hydrogen-bond acceptors (Lipinski definition) is 4. The van der Waals surface area contributed by atoms with Crippen LogP contribution in [0.5, 0.6) is 0 Å². The maximum absolute atomic E-state index is 12.4. The molecular formula is C24H32O4. The molecule has 0 bridgehead atoms. The first-order chi connectivity index (χ1) is 13.2. The molecule has 0 radical (unpaired) electrons. The molecule has 0 saturated heterocycles. The van der Waals surface area contributed by atoms with Crippen LogP contribution in [0, 0.1) is 29.1 Å². The summed E-state index contributed by atoms with van der Waals surface area (Å²) in [6, 6.07) is 9.64. The maximum Gasteiger partial charge on any atom is 0.331 e. The summed E-state index contributed by atoms with van der Waals surface area (Å²) in [5.74, 6) is 0.495. The van der Waals surface area contributed by atoms with Gasteiger partial charge in [-0.1, -0.05) is 51.1 Å². The normalized spacial score (nSPS) is 34.3. The van der Waals surface area contributed by atoms with Gasteiger partial charge in [-0.2, -0.15) is 0 Å². The molecule has 6 atom stereocenters. The highest BCUT2D eigenvalue weighted by Gasteiger charge is 2.69. The minimum absolute atomic E-state index is 0.0473. The lowest BCUT2D eigenvalue weighted by Gasteiger charge is -2.39. The van der Waals surface area contributed by atoms with E-state index in [4.69, 9.17) is 4.74 Å². The number of fused-ring (bicyclic) bond motifs is 1. The van der Waals surface area contributed by atoms with Gasteiger partial charge in [0, 0.05) is 18.4 Å². The van der Waals surface area contributed by atoms with Crippen LogP contribution in [-0.4, -0.2) is 29.1 Å². The van der Waals surface area contributed by atoms with Gasteiger partial charge in [-0.15, -0.1) is 0 Å². The Kier molecular flexibility index (Phi) is 6.09. The Labute approximate surface area is 168 Å². The fourth-order valence-electron chi connectivity index (χ4n) is 5.37. The first-order valence-corrected chi connectivity index (χ1v) is 10.3. The number of rotatable bonds is 7. The van der Waals surface area contributed by atoms with Crippen LogP contribution in [0.2, 0.25) is 0 Å². The van der Waals surface area contributed by atoms with Crippen LogP contribution in [-0.2, 0) is 14.3 Å². The van der Waals surface area contributed by atoms with Crippen molar-refractivity contribution in [3.05, 3.63) is 42.0 Å². The second-order valence-electron chi connectivity index (χ2n) is 9.11. The van der Waals surface area contributed by atoms with Crippen molar-refractivity contribution in [2.45, 2.75) is 59.2 Å². The highest BCUT2D eigenvalue weighted by atomic mass is 16.5. The van der Waals surface area contributed by atoms with E-state index in [1.165, 1.54) is 6.08 Å². The van der Waals surface area contributed by atoms with Crippen molar-refractivity contribution in [3.8, 4) is 0 Å². The van der Waals surface area contributed by atoms with Crippen molar-refractivity contribution in [2.24, 2.45) is 29.1 Å². The quantitative estimate of drug-likeness (QED) is 0.563. The van der Waals surface area contributed by atoms with Crippen molar-refractivity contribution in [2.75, 3.05) is 0 Å². The van der Waals surface area contributed by atoms with E-state index in [-0.39, 0.29) is 41.0 Å². The van der Waals surface area contributed by atoms with Crippen molar-refractivity contribution in [3.63, 3.8) is 0 Å². The van der Waals surface area contributed by atoms with E-state index >= 15 is 0 Å². The van der Waals surface area contributed by atoms with E-state index in [1.807, 2.05) is 30.3 Å². The highest BCUT2D eigenvalue weighted by molar-refractivity contribution is 5.87. The summed E-state index contributed by atoms with van der Waals surface area (Å²) in [6.07, 6.45) is 4.55. The highest BCUT2D eigenvalue weighted by Crippen LogP contribution is 2.69. The molecule has 2 aliphatic rings. The molecule has 4 heteroatoms. The van der Waals surface area contributed by atoms with Gasteiger partial charge < -0.3 is 14.6 Å². The van der Waals surface area contributed by atoms with Gasteiger partial charge in [0.2, 0.25) is 0 Å². The van der Waals surface area contributed by atoms with Gasteiger partial charge >= 0.3 is 5.97 Å². The molecule has 0 unspecified atom stereocenters. The Morgan fingerprint density at radius 2 is 1.96 bits per heavy atom. The van der Waals surface area contributed by atoms with E-state index in [2.05, 4.69) is 20.8 Å². The molecule has 0 aliphatic heterocycles. The van der Waals surface area contributed by atoms with Gasteiger partial charge in [0.1, 0.15) is 11.9 Å². The van der Waals surface area contributed by atoms with E-state index in [1.54, 1.807) is 13.0 Å². The van der Waals surface area contributed by atoms with Gasteiger partial charge in [-0.05, 0) is 54.6 Å². The summed E-state index contributed by atoms with van der Waals surface area (Å²) >= 11 is 0. The minimum Gasteiger partial charge on any atom is -0.459 e. The Balaban J connectivity index is 1.70. The third-order valence-electron chi connectivity index (χ3n) is 6.82. The summed E-state index contributed by atoms with van der Waals surface area (Å²) in [6.45, 7) is 7.93. The van der Waals surface area contributed by atoms with Crippen LogP contribution in [0.3, 0.4) is 0 Å². The second kappa shape index (κ2) is 8.20. The van der Waals surface area contributed by atoms with Crippen molar-refractivity contribution in [1.82, 2.24) is 0 Å². The van der Waals surface area contributed by atoms with Crippen LogP contribution < -0.4 is 0 Å². The third kappa shape index (κ3) is 4.22. The zero-order chi connectivity index (χ0) is 20.5. The van der Waals surface area contributed by atoms with Gasteiger partial charge in [0.15, 0.2) is 0 Å². The molecule has 1 aromatic rings. The van der Waals surface area contributed by atoms with Gasteiger partial charge in [-0.3, -0.25) is 0 Å². The standard InChI is InChI=1S/C24H32O4/c1-15(2)21-19(28-20(26)13-11-17-8-6-5-7-9-17)14-24(4)18(12-10-16(3)25)22(24)23(21)27/h5-9,11,13,15,18-19,21-23,27H,10,12,14H2,1-4H3/b13-11+/t18-,19-,21-,22+,23-,24+/m1/s1. The van der Waals surface area contributed by atoms with E-state index in [0.717, 1.165) is 18.4 Å². The number of ketones is 1. The van der Waals surface area contributed by atoms with Crippen LogP contribution in [0.25, 0.3) is 6.08 Å². The first-order valence-electron chi connectivity index (χ1n) is 10.3. The average molecular weight is 385 g/mol. The number of aliphatic hydroxyl groups excluding tert-OH is 1. The fraction of sp³-hybridized carbons (Fsp3) is 0.583. The molecular weight excluding hydrogens is 352 g/mol. The molecule has 2 fully saturated rings. The fourth-order valence-corrected chi connectivity index (χ4v) is 5.37. The topological polar surface area (TPSA) is 63.6 Å². The van der Waals surface area contributed by atoms with Crippen molar-refractivity contribution in [1.29, 1.82) is 0 Å². The summed E-state index contributed by atoms with van der Waals surface area (Å²) < 4.78 is 5.84. The van der Waals surface area contributed by atoms with Crippen LogP contribution in [0.4, 0.5) is 0 Å². The molecule has 1 N–H and O–H groups in total. The lowest BCUT2D eigenvalue weighted by Crippen LogP contribution is -2.45. The molecule has 1 aromatic carbocycles. The third-order valence-corrected chi connectivity index (χ3v) is 6.82. The number of benzene rings is 1. The number of esters is 1. The summed E-state index contributed by atoms with van der Waals surface area (Å²) in [7, 11) is 0. The Morgan fingerprint density at radius 3 is 2.57 bits per heavy atom. The summed E-state index contributed by atoms with van der Waals surface area (Å²) in [4.78, 5) is 23.8. The van der Waals surface area contributed by atoms with Gasteiger partial charge in [0.25, 0.3) is 0 Å². The predicted octanol–water partition coefficient (Wildman–Crippen LogP) is 4.27. The van der Waals surface area contributed by atoms with Gasteiger partial charge in [-0.25, -0.2) is 4.79 Å². The lowest BCUT2D eigenvalue weighted by atomic mass is 9.73. The molecule has 152 valence electrons. The monoisotopic (exact) mass is 384 g/mol. The molecule has 0 aromatic heterocycles. The van der Waals surface area contributed by atoms with E-state index in [9.17, 15) is 14.7 Å². The SMILES string of the molecule is CC(=O)CC[C@@H]1[C@H]2[C@H](O)[C@H](C(C)C)[C@H](OC(=O)/C=C/c3ccccc3)C[C@]21C. The lowest BCUT2D eigenvalue weighted by molar-refractivity contribution is -0.156. The van der Waals surface area contributed by atoms with Gasteiger partial charge in [0.05, 0.1) is 6.10 Å². The van der Waals surface area contributed by atoms with E-state index < -0.39 is 6.10 Å². The van der Waals surface area contributed by atoms with Crippen LogP contribution in [0.1, 0.15) is 52.5 Å². The molecule has 3 rings (SSSR count). The summed E-state index contributed by atoms with van der Waals surface area (Å²) in [5, 5.41) is 11.0. The average Bonchev–Trinajstić information content (AvgIpc) is 3.23. The molecule has 4 nitrogen and oxygen atoms in total. The number of Topliss-reactive ketones (excluding diaryl/α,β-unsaturated/α-hetero) is 1. The second-order valence-corrected chi connectivity index (χ2v) is 9.11. The Morgan fingerprint density at radius 1 is 1.29 bits per heavy atom. The number of ether oxygens (including phenoxy) is 1. The molecule has 0 amide bonds. The molecule has 0 heterocycles. The number of aliphatic hydroxyl groups is 1. The number of carbonyl (C=O) groups is 2. The Bertz CT molecular complexity index is 738. The maximum atomic E-state index is 12.4. The zero-order valence-electron chi connectivity index (χ0n) is 17.3. The zero-order valence-corrected chi connectivity index (χ0v) is 17.3. The van der Waals surface area contributed by atoms with Crippen molar-refractivity contribution >= 4 is 17.8 Å². The Hall–Kier alpha value is -1.94. The number of hydrogen-bond donors (Lipinski definition) is 1.